The van der Waals surface area contributed by atoms with Crippen LogP contribution in [0.25, 0.3) is 0 Å². The fourth-order valence-corrected chi connectivity index (χ4v) is 2.34. The molecule has 0 atom stereocenters. The van der Waals surface area contributed by atoms with Crippen molar-refractivity contribution in [2.75, 3.05) is 10.7 Å². The van der Waals surface area contributed by atoms with Crippen molar-refractivity contribution in [3.8, 4) is 0 Å². The highest BCUT2D eigenvalue weighted by Gasteiger charge is 2.31. The largest absolute Gasteiger partial charge is 0.359 e. The number of hydrazine groups is 1. The van der Waals surface area contributed by atoms with Gasteiger partial charge in [0.2, 0.25) is 5.82 Å². The molecule has 0 radical (unpaired) electrons. The predicted molar refractivity (Wildman–Crippen MR) is 69.2 cm³/mol. The maximum absolute atomic E-state index is 11.0. The van der Waals surface area contributed by atoms with E-state index in [1.54, 1.807) is 0 Å². The van der Waals surface area contributed by atoms with E-state index in [1.165, 1.54) is 12.1 Å². The number of hydrogen-bond acceptors (Lipinski definition) is 6. The summed E-state index contributed by atoms with van der Waals surface area (Å²) >= 11 is 0. The Morgan fingerprint density at radius 3 is 2.67 bits per heavy atom. The number of rotatable bonds is 4. The van der Waals surface area contributed by atoms with Gasteiger partial charge in [0.05, 0.1) is 4.92 Å². The van der Waals surface area contributed by atoms with E-state index >= 15 is 0 Å². The highest BCUT2D eigenvalue weighted by atomic mass is 16.6. The zero-order valence-electron chi connectivity index (χ0n) is 10.3. The van der Waals surface area contributed by atoms with Crippen molar-refractivity contribution in [2.24, 2.45) is 5.84 Å². The number of nitrogens with two attached hydrogens (primary N) is 1. The molecule has 0 saturated heterocycles. The third-order valence-electron chi connectivity index (χ3n) is 3.35. The molecule has 0 spiro atoms. The molecule has 98 valence electrons. The molecule has 1 aromatic rings. The number of nitro groups is 1. The van der Waals surface area contributed by atoms with Gasteiger partial charge >= 0.3 is 5.69 Å². The first kappa shape index (κ1) is 12.6. The van der Waals surface area contributed by atoms with E-state index in [4.69, 9.17) is 5.84 Å². The van der Waals surface area contributed by atoms with Crippen molar-refractivity contribution < 1.29 is 4.92 Å². The summed E-state index contributed by atoms with van der Waals surface area (Å²) in [5, 5.41) is 14.2. The van der Waals surface area contributed by atoms with Crippen molar-refractivity contribution in [3.05, 3.63) is 22.2 Å². The molecule has 0 bridgehead atoms. The number of nitrogens with one attached hydrogen (secondary N) is 2. The Morgan fingerprint density at radius 2 is 2.11 bits per heavy atom. The lowest BCUT2D eigenvalue weighted by atomic mass is 10.0. The zero-order valence-corrected chi connectivity index (χ0v) is 10.3. The lowest BCUT2D eigenvalue weighted by Crippen LogP contribution is -2.31. The molecule has 7 heteroatoms. The van der Waals surface area contributed by atoms with E-state index in [0.29, 0.717) is 5.82 Å². The molecule has 1 aliphatic rings. The number of nitrogen functional groups attached to an aromatic ring is 1. The molecule has 1 aliphatic carbocycles. The van der Waals surface area contributed by atoms with Gasteiger partial charge in [-0.1, -0.05) is 12.8 Å². The van der Waals surface area contributed by atoms with Crippen LogP contribution in [-0.2, 0) is 0 Å². The van der Waals surface area contributed by atoms with Gasteiger partial charge in [0.1, 0.15) is 5.82 Å². The number of aromatic nitrogens is 1. The molecule has 0 amide bonds. The van der Waals surface area contributed by atoms with E-state index in [2.05, 4.69) is 22.7 Å². The maximum Gasteiger partial charge on any atom is 0.311 e. The SMILES string of the molecule is CC1(Nc2nc(NN)ccc2[N+](=O)[O-])CCCC1. The number of hydrogen-bond donors (Lipinski definition) is 3. The maximum atomic E-state index is 11.0. The van der Waals surface area contributed by atoms with Gasteiger partial charge in [0.25, 0.3) is 0 Å². The summed E-state index contributed by atoms with van der Waals surface area (Å²) in [4.78, 5) is 14.7. The quantitative estimate of drug-likeness (QED) is 0.429. The highest BCUT2D eigenvalue weighted by molar-refractivity contribution is 5.61. The lowest BCUT2D eigenvalue weighted by Gasteiger charge is -2.25. The Hall–Kier alpha value is -1.89. The van der Waals surface area contributed by atoms with Gasteiger partial charge in [-0.05, 0) is 25.8 Å². The van der Waals surface area contributed by atoms with Crippen LogP contribution in [0.5, 0.6) is 0 Å². The second-order valence-electron chi connectivity index (χ2n) is 4.86. The van der Waals surface area contributed by atoms with Crippen molar-refractivity contribution >= 4 is 17.3 Å². The van der Waals surface area contributed by atoms with E-state index in [0.717, 1.165) is 25.7 Å². The van der Waals surface area contributed by atoms with Gasteiger partial charge in [0.15, 0.2) is 0 Å². The Kier molecular flexibility index (Phi) is 3.33. The Morgan fingerprint density at radius 1 is 1.44 bits per heavy atom. The van der Waals surface area contributed by atoms with Crippen molar-refractivity contribution in [2.45, 2.75) is 38.1 Å². The van der Waals surface area contributed by atoms with Crippen LogP contribution >= 0.6 is 0 Å². The van der Waals surface area contributed by atoms with Crippen molar-refractivity contribution in [1.29, 1.82) is 0 Å². The molecule has 0 unspecified atom stereocenters. The summed E-state index contributed by atoms with van der Waals surface area (Å²) < 4.78 is 0. The Bertz CT molecular complexity index is 457. The molecular formula is C11H17N5O2. The van der Waals surface area contributed by atoms with Crippen LogP contribution in [0.2, 0.25) is 0 Å². The molecule has 1 aromatic heterocycles. The first-order chi connectivity index (χ1) is 8.54. The third-order valence-corrected chi connectivity index (χ3v) is 3.35. The first-order valence-electron chi connectivity index (χ1n) is 5.94. The normalized spacial score (nSPS) is 17.4. The monoisotopic (exact) mass is 251 g/mol. The summed E-state index contributed by atoms with van der Waals surface area (Å²) in [6, 6.07) is 2.89. The van der Waals surface area contributed by atoms with Crippen LogP contribution in [0.15, 0.2) is 12.1 Å². The topological polar surface area (TPSA) is 106 Å². The van der Waals surface area contributed by atoms with Crippen molar-refractivity contribution in [3.63, 3.8) is 0 Å². The minimum absolute atomic E-state index is 0.0258. The highest BCUT2D eigenvalue weighted by Crippen LogP contribution is 2.35. The molecule has 18 heavy (non-hydrogen) atoms. The van der Waals surface area contributed by atoms with Gasteiger partial charge < -0.3 is 10.7 Å². The summed E-state index contributed by atoms with van der Waals surface area (Å²) in [7, 11) is 0. The molecule has 2 rings (SSSR count). The van der Waals surface area contributed by atoms with Gasteiger partial charge in [-0.15, -0.1) is 0 Å². The molecule has 0 aromatic carbocycles. The van der Waals surface area contributed by atoms with Crippen LogP contribution in [0.3, 0.4) is 0 Å². The summed E-state index contributed by atoms with van der Waals surface area (Å²) in [5.41, 5.74) is 2.25. The van der Waals surface area contributed by atoms with Crippen LogP contribution in [0.1, 0.15) is 32.6 Å². The summed E-state index contributed by atoms with van der Waals surface area (Å²) in [6.45, 7) is 2.06. The lowest BCUT2D eigenvalue weighted by molar-refractivity contribution is -0.384. The summed E-state index contributed by atoms with van der Waals surface area (Å²) in [6.07, 6.45) is 4.25. The van der Waals surface area contributed by atoms with E-state index in [-0.39, 0.29) is 17.0 Å². The van der Waals surface area contributed by atoms with Crippen LogP contribution in [0.4, 0.5) is 17.3 Å². The molecule has 1 heterocycles. The van der Waals surface area contributed by atoms with Gasteiger partial charge in [-0.25, -0.2) is 10.8 Å². The average molecular weight is 251 g/mol. The summed E-state index contributed by atoms with van der Waals surface area (Å²) in [5.74, 6) is 5.96. The number of pyridine rings is 1. The van der Waals surface area contributed by atoms with Crippen LogP contribution in [-0.4, -0.2) is 15.4 Å². The first-order valence-corrected chi connectivity index (χ1v) is 5.94. The van der Waals surface area contributed by atoms with Gasteiger partial charge in [-0.2, -0.15) is 0 Å². The van der Waals surface area contributed by atoms with Crippen LogP contribution in [0, 0.1) is 10.1 Å². The Balaban J connectivity index is 2.31. The molecule has 4 N–H and O–H groups in total. The number of anilines is 2. The minimum atomic E-state index is -0.437. The fourth-order valence-electron chi connectivity index (χ4n) is 2.34. The molecule has 0 aliphatic heterocycles. The second kappa shape index (κ2) is 4.77. The smallest absolute Gasteiger partial charge is 0.311 e. The molecule has 1 fully saturated rings. The van der Waals surface area contributed by atoms with E-state index in [1.807, 2.05) is 0 Å². The van der Waals surface area contributed by atoms with E-state index in [9.17, 15) is 10.1 Å². The second-order valence-corrected chi connectivity index (χ2v) is 4.86. The average Bonchev–Trinajstić information content (AvgIpc) is 2.75. The van der Waals surface area contributed by atoms with Gasteiger partial charge in [0, 0.05) is 11.6 Å². The standard InChI is InChI=1S/C11H17N5O2/c1-11(6-2-3-7-11)14-10-8(16(17)18)4-5-9(13-10)15-12/h4-5H,2-3,6-7,12H2,1H3,(H2,13,14,15). The zero-order chi connectivity index (χ0) is 13.2. The fraction of sp³-hybridized carbons (Fsp3) is 0.545. The predicted octanol–water partition coefficient (Wildman–Crippen LogP) is 2.02. The number of nitrogens with zero attached hydrogens (tertiary/aromatic N) is 2. The molecule has 7 nitrogen and oxygen atoms in total. The van der Waals surface area contributed by atoms with E-state index < -0.39 is 4.92 Å². The van der Waals surface area contributed by atoms with Gasteiger partial charge in [-0.3, -0.25) is 10.1 Å². The third kappa shape index (κ3) is 2.51. The Labute approximate surface area is 105 Å². The molecule has 1 saturated carbocycles. The molecular weight excluding hydrogens is 234 g/mol. The van der Waals surface area contributed by atoms with Crippen molar-refractivity contribution in [1.82, 2.24) is 4.98 Å². The van der Waals surface area contributed by atoms with Crippen LogP contribution < -0.4 is 16.6 Å². The minimum Gasteiger partial charge on any atom is -0.359 e.